The predicted octanol–water partition coefficient (Wildman–Crippen LogP) is 4.40. The molecule has 4 heteroatoms. The molecule has 1 aromatic heterocycles. The van der Waals surface area contributed by atoms with Crippen molar-refractivity contribution in [3.05, 3.63) is 30.0 Å². The van der Waals surface area contributed by atoms with Crippen molar-refractivity contribution in [2.24, 2.45) is 11.8 Å². The molecule has 2 bridgehead atoms. The van der Waals surface area contributed by atoms with Gasteiger partial charge in [0.15, 0.2) is 0 Å². The molecule has 3 fully saturated rings. The van der Waals surface area contributed by atoms with Crippen LogP contribution in [-0.4, -0.2) is 46.0 Å². The minimum absolute atomic E-state index is 0.521. The monoisotopic (exact) mass is 367 g/mol. The molecule has 1 aromatic carbocycles. The van der Waals surface area contributed by atoms with Crippen molar-refractivity contribution in [1.82, 2.24) is 14.7 Å². The number of fused-ring (bicyclic) bond motifs is 3. The van der Waals surface area contributed by atoms with Gasteiger partial charge in [0.1, 0.15) is 0 Å². The molecule has 1 saturated carbocycles. The summed E-state index contributed by atoms with van der Waals surface area (Å²) in [5, 5.41) is 5.94. The zero-order valence-electron chi connectivity index (χ0n) is 16.8. The second-order valence-electron chi connectivity index (χ2n) is 9.40. The zero-order chi connectivity index (χ0) is 18.4. The van der Waals surface area contributed by atoms with Crippen molar-refractivity contribution in [3.8, 4) is 0 Å². The fourth-order valence-electron chi connectivity index (χ4n) is 5.39. The molecule has 27 heavy (non-hydrogen) atoms. The van der Waals surface area contributed by atoms with Crippen LogP contribution in [0.4, 0.5) is 0 Å². The summed E-state index contributed by atoms with van der Waals surface area (Å²) < 4.78 is 8.47. The second kappa shape index (κ2) is 7.21. The van der Waals surface area contributed by atoms with Crippen LogP contribution >= 0.6 is 0 Å². The smallest absolute Gasteiger partial charge is 0.0711 e. The highest BCUT2D eigenvalue weighted by Crippen LogP contribution is 2.38. The third-order valence-electron chi connectivity index (χ3n) is 6.98. The molecule has 0 N–H and O–H groups in total. The molecule has 2 saturated heterocycles. The van der Waals surface area contributed by atoms with E-state index in [1.807, 2.05) is 6.20 Å². The van der Waals surface area contributed by atoms with E-state index in [9.17, 15) is 0 Å². The molecule has 146 valence electrons. The molecule has 3 aliphatic rings. The standard InChI is InChI=1S/C23H33N3O/c1-16(14-26-23-17(2)4-3-5-19(23)12-24-26)13-25-20-8-9-21(25)11-22(10-20)27-15-18-6-7-18/h3-5,12,16,18,20-22H,6-11,13-15H2,1-2H3/t16-,20?,21?,22?/m1/s1. The summed E-state index contributed by atoms with van der Waals surface area (Å²) in [5.41, 5.74) is 2.63. The highest BCUT2D eigenvalue weighted by molar-refractivity contribution is 5.81. The number of rotatable bonds is 7. The lowest BCUT2D eigenvalue weighted by molar-refractivity contribution is -0.0276. The first-order chi connectivity index (χ1) is 13.2. The van der Waals surface area contributed by atoms with E-state index in [1.54, 1.807) is 0 Å². The van der Waals surface area contributed by atoms with Gasteiger partial charge in [-0.25, -0.2) is 0 Å². The van der Waals surface area contributed by atoms with Crippen LogP contribution in [-0.2, 0) is 11.3 Å². The van der Waals surface area contributed by atoms with Gasteiger partial charge in [-0.2, -0.15) is 5.10 Å². The first-order valence-electron chi connectivity index (χ1n) is 11.0. The van der Waals surface area contributed by atoms with Gasteiger partial charge in [-0.05, 0) is 62.8 Å². The van der Waals surface area contributed by atoms with Gasteiger partial charge < -0.3 is 4.74 Å². The van der Waals surface area contributed by atoms with E-state index in [1.165, 1.54) is 61.5 Å². The van der Waals surface area contributed by atoms with Gasteiger partial charge in [-0.15, -0.1) is 0 Å². The van der Waals surface area contributed by atoms with E-state index >= 15 is 0 Å². The van der Waals surface area contributed by atoms with Crippen LogP contribution in [0.15, 0.2) is 24.4 Å². The van der Waals surface area contributed by atoms with Crippen LogP contribution in [0, 0.1) is 18.8 Å². The molecular formula is C23H33N3O. The predicted molar refractivity (Wildman–Crippen MR) is 109 cm³/mol. The van der Waals surface area contributed by atoms with Crippen molar-refractivity contribution < 1.29 is 4.74 Å². The van der Waals surface area contributed by atoms with Crippen LogP contribution in [0.5, 0.6) is 0 Å². The number of piperidine rings is 1. The van der Waals surface area contributed by atoms with Gasteiger partial charge in [0, 0.05) is 37.2 Å². The van der Waals surface area contributed by atoms with Crippen LogP contribution < -0.4 is 0 Å². The van der Waals surface area contributed by atoms with Gasteiger partial charge in [0.25, 0.3) is 0 Å². The molecule has 4 nitrogen and oxygen atoms in total. The van der Waals surface area contributed by atoms with Crippen LogP contribution in [0.25, 0.3) is 10.9 Å². The maximum Gasteiger partial charge on any atom is 0.0711 e. The molecule has 2 aromatic rings. The van der Waals surface area contributed by atoms with Crippen molar-refractivity contribution in [3.63, 3.8) is 0 Å². The summed E-state index contributed by atoms with van der Waals surface area (Å²) in [6, 6.07) is 7.97. The van der Waals surface area contributed by atoms with Crippen LogP contribution in [0.3, 0.4) is 0 Å². The molecule has 5 rings (SSSR count). The summed E-state index contributed by atoms with van der Waals surface area (Å²) >= 11 is 0. The molecule has 0 radical (unpaired) electrons. The number of benzene rings is 1. The average Bonchev–Trinajstić information content (AvgIpc) is 3.35. The Morgan fingerprint density at radius 2 is 1.89 bits per heavy atom. The Labute approximate surface area is 162 Å². The van der Waals surface area contributed by atoms with Gasteiger partial charge in [-0.1, -0.05) is 25.1 Å². The van der Waals surface area contributed by atoms with Crippen molar-refractivity contribution in [2.45, 2.75) is 77.1 Å². The van der Waals surface area contributed by atoms with Gasteiger partial charge in [0.05, 0.1) is 17.8 Å². The normalized spacial score (nSPS) is 29.5. The molecule has 1 aliphatic carbocycles. The highest BCUT2D eigenvalue weighted by atomic mass is 16.5. The maximum atomic E-state index is 6.25. The minimum Gasteiger partial charge on any atom is -0.378 e. The van der Waals surface area contributed by atoms with Gasteiger partial charge >= 0.3 is 0 Å². The zero-order valence-corrected chi connectivity index (χ0v) is 16.8. The third-order valence-corrected chi connectivity index (χ3v) is 6.98. The fraction of sp³-hybridized carbons (Fsp3) is 0.696. The topological polar surface area (TPSA) is 30.3 Å². The van der Waals surface area contributed by atoms with E-state index < -0.39 is 0 Å². The molecule has 0 amide bonds. The van der Waals surface area contributed by atoms with Gasteiger partial charge in [0.2, 0.25) is 0 Å². The SMILES string of the molecule is Cc1cccc2cnn(C[C@H](C)CN3C4CCC3CC(OCC3CC3)C4)c12. The van der Waals surface area contributed by atoms with Crippen LogP contribution in [0.2, 0.25) is 0 Å². The van der Waals surface area contributed by atoms with E-state index in [2.05, 4.69) is 46.7 Å². The Bertz CT molecular complexity index is 782. The maximum absolute atomic E-state index is 6.25. The Kier molecular flexibility index (Phi) is 4.73. The first kappa shape index (κ1) is 17.7. The average molecular weight is 368 g/mol. The minimum atomic E-state index is 0.521. The lowest BCUT2D eigenvalue weighted by atomic mass is 9.98. The number of nitrogens with zero attached hydrogens (tertiary/aromatic N) is 3. The summed E-state index contributed by atoms with van der Waals surface area (Å²) in [5.74, 6) is 1.49. The molecule has 2 unspecified atom stereocenters. The first-order valence-corrected chi connectivity index (χ1v) is 11.0. The summed E-state index contributed by atoms with van der Waals surface area (Å²) in [6.07, 6.45) is 10.6. The fourth-order valence-corrected chi connectivity index (χ4v) is 5.39. The number of ether oxygens (including phenoxy) is 1. The number of hydrogen-bond donors (Lipinski definition) is 0. The van der Waals surface area contributed by atoms with E-state index in [0.29, 0.717) is 12.0 Å². The molecule has 3 atom stereocenters. The Hall–Kier alpha value is -1.39. The van der Waals surface area contributed by atoms with Crippen molar-refractivity contribution >= 4 is 10.9 Å². The molecule has 2 aliphatic heterocycles. The Morgan fingerprint density at radius 3 is 2.63 bits per heavy atom. The van der Waals surface area contributed by atoms with E-state index in [-0.39, 0.29) is 0 Å². The quantitative estimate of drug-likeness (QED) is 0.726. The van der Waals surface area contributed by atoms with E-state index in [0.717, 1.165) is 31.2 Å². The number of aromatic nitrogens is 2. The summed E-state index contributed by atoms with van der Waals surface area (Å²) in [6.45, 7) is 7.80. The number of hydrogen-bond acceptors (Lipinski definition) is 3. The number of aryl methyl sites for hydroxylation is 1. The highest BCUT2D eigenvalue weighted by Gasteiger charge is 2.41. The molecule has 3 heterocycles. The van der Waals surface area contributed by atoms with E-state index in [4.69, 9.17) is 4.74 Å². The lowest BCUT2D eigenvalue weighted by Crippen LogP contribution is -2.47. The van der Waals surface area contributed by atoms with Gasteiger partial charge in [-0.3, -0.25) is 9.58 Å². The largest absolute Gasteiger partial charge is 0.378 e. The molecular weight excluding hydrogens is 334 g/mol. The molecule has 0 spiro atoms. The summed E-state index contributed by atoms with van der Waals surface area (Å²) in [4.78, 5) is 2.81. The Morgan fingerprint density at radius 1 is 1.11 bits per heavy atom. The van der Waals surface area contributed by atoms with Crippen LogP contribution in [0.1, 0.15) is 51.0 Å². The number of para-hydroxylation sites is 1. The second-order valence-corrected chi connectivity index (χ2v) is 9.40. The lowest BCUT2D eigenvalue weighted by Gasteiger charge is -2.40. The third kappa shape index (κ3) is 3.66. The van der Waals surface area contributed by atoms with Crippen molar-refractivity contribution in [1.29, 1.82) is 0 Å². The summed E-state index contributed by atoms with van der Waals surface area (Å²) in [7, 11) is 0. The Balaban J connectivity index is 1.20. The van der Waals surface area contributed by atoms with Crippen molar-refractivity contribution in [2.75, 3.05) is 13.2 Å².